The zero-order valence-electron chi connectivity index (χ0n) is 16.3. The maximum absolute atomic E-state index is 12.9. The van der Waals surface area contributed by atoms with Crippen molar-refractivity contribution in [1.82, 2.24) is 9.80 Å². The summed E-state index contributed by atoms with van der Waals surface area (Å²) < 4.78 is 38.7. The van der Waals surface area contributed by atoms with Crippen LogP contribution >= 0.6 is 11.8 Å². The van der Waals surface area contributed by atoms with Crippen molar-refractivity contribution in [3.63, 3.8) is 0 Å². The minimum atomic E-state index is -4.45. The number of rotatable bonds is 9. The number of likely N-dealkylation sites (N-methyl/N-ethyl adjacent to an activating group) is 1. The van der Waals surface area contributed by atoms with Gasteiger partial charge in [0, 0.05) is 10.9 Å². The Morgan fingerprint density at radius 2 is 1.89 bits per heavy atom. The van der Waals surface area contributed by atoms with Gasteiger partial charge in [0.1, 0.15) is 6.54 Å². The quantitative estimate of drug-likeness (QED) is 0.625. The molecule has 1 saturated carbocycles. The van der Waals surface area contributed by atoms with Gasteiger partial charge < -0.3 is 10.2 Å². The Balaban J connectivity index is 1.92. The third-order valence-electron chi connectivity index (χ3n) is 4.67. The number of para-hydroxylation sites is 1. The fourth-order valence-corrected chi connectivity index (χ4v) is 3.60. The molecule has 9 heteroatoms. The predicted octanol–water partition coefficient (Wildman–Crippen LogP) is 3.47. The van der Waals surface area contributed by atoms with Gasteiger partial charge in [-0.3, -0.25) is 14.5 Å². The van der Waals surface area contributed by atoms with Crippen LogP contribution in [0.25, 0.3) is 0 Å². The summed E-state index contributed by atoms with van der Waals surface area (Å²) in [6.07, 6.45) is -0.867. The maximum atomic E-state index is 12.9. The number of carbonyl (C=O) groups is 2. The number of carbonyl (C=O) groups excluding carboxylic acids is 2. The molecule has 1 N–H and O–H groups in total. The Labute approximate surface area is 167 Å². The molecule has 0 spiro atoms. The topological polar surface area (TPSA) is 52.7 Å². The first-order chi connectivity index (χ1) is 13.1. The third-order valence-corrected chi connectivity index (χ3v) is 5.46. The first kappa shape index (κ1) is 22.5. The molecular formula is C19H26F3N3O2S. The number of anilines is 1. The van der Waals surface area contributed by atoms with Crippen molar-refractivity contribution in [3.8, 4) is 0 Å². The first-order valence-corrected chi connectivity index (χ1v) is 10.3. The number of nitrogens with zero attached hydrogens (tertiary/aromatic N) is 2. The molecule has 1 aromatic rings. The largest absolute Gasteiger partial charge is 0.406 e. The minimum Gasteiger partial charge on any atom is -0.329 e. The number of hydrogen-bond acceptors (Lipinski definition) is 4. The Hall–Kier alpha value is -1.74. The number of alkyl halides is 3. The third kappa shape index (κ3) is 7.01. The van der Waals surface area contributed by atoms with Crippen LogP contribution in [-0.2, 0) is 9.59 Å². The molecule has 156 valence electrons. The lowest BCUT2D eigenvalue weighted by Gasteiger charge is -2.31. The summed E-state index contributed by atoms with van der Waals surface area (Å²) in [4.78, 5) is 28.0. The summed E-state index contributed by atoms with van der Waals surface area (Å²) in [5.41, 5.74) is 0.667. The van der Waals surface area contributed by atoms with E-state index in [4.69, 9.17) is 0 Å². The molecule has 2 amide bonds. The second kappa shape index (κ2) is 9.65. The van der Waals surface area contributed by atoms with Crippen molar-refractivity contribution in [1.29, 1.82) is 0 Å². The molecule has 0 radical (unpaired) electrons. The molecule has 0 aromatic heterocycles. The summed E-state index contributed by atoms with van der Waals surface area (Å²) >= 11 is 1.49. The maximum Gasteiger partial charge on any atom is 0.406 e. The van der Waals surface area contributed by atoms with E-state index in [1.54, 1.807) is 26.1 Å². The Morgan fingerprint density at radius 1 is 1.25 bits per heavy atom. The van der Waals surface area contributed by atoms with Crippen LogP contribution in [0.1, 0.15) is 19.8 Å². The highest BCUT2D eigenvalue weighted by Gasteiger charge is 2.40. The van der Waals surface area contributed by atoms with Gasteiger partial charge in [0.25, 0.3) is 0 Å². The molecule has 0 bridgehead atoms. The van der Waals surface area contributed by atoms with Crippen LogP contribution in [0.4, 0.5) is 18.9 Å². The van der Waals surface area contributed by atoms with Gasteiger partial charge in [0.05, 0.1) is 18.8 Å². The van der Waals surface area contributed by atoms with E-state index >= 15 is 0 Å². The highest BCUT2D eigenvalue weighted by molar-refractivity contribution is 7.98. The van der Waals surface area contributed by atoms with Gasteiger partial charge in [-0.1, -0.05) is 12.1 Å². The van der Waals surface area contributed by atoms with Gasteiger partial charge in [-0.15, -0.1) is 11.8 Å². The fraction of sp³-hybridized carbons (Fsp3) is 0.579. The van der Waals surface area contributed by atoms with Crippen molar-refractivity contribution in [3.05, 3.63) is 24.3 Å². The number of benzene rings is 1. The van der Waals surface area contributed by atoms with Crippen LogP contribution in [0.3, 0.4) is 0 Å². The summed E-state index contributed by atoms with van der Waals surface area (Å²) in [6, 6.07) is 6.86. The van der Waals surface area contributed by atoms with Crippen molar-refractivity contribution in [2.24, 2.45) is 5.92 Å². The zero-order chi connectivity index (χ0) is 20.9. The van der Waals surface area contributed by atoms with Crippen molar-refractivity contribution in [2.75, 3.05) is 38.3 Å². The molecular weight excluding hydrogens is 391 g/mol. The lowest BCUT2D eigenvalue weighted by atomic mass is 10.1. The first-order valence-electron chi connectivity index (χ1n) is 9.08. The smallest absolute Gasteiger partial charge is 0.329 e. The lowest BCUT2D eigenvalue weighted by Crippen LogP contribution is -2.49. The number of nitrogens with one attached hydrogen (secondary N) is 1. The van der Waals surface area contributed by atoms with E-state index in [0.717, 1.165) is 22.6 Å². The van der Waals surface area contributed by atoms with Crippen molar-refractivity contribution in [2.45, 2.75) is 36.9 Å². The van der Waals surface area contributed by atoms with E-state index < -0.39 is 24.7 Å². The van der Waals surface area contributed by atoms with Gasteiger partial charge >= 0.3 is 6.18 Å². The van der Waals surface area contributed by atoms with Crippen LogP contribution < -0.4 is 5.32 Å². The van der Waals surface area contributed by atoms with E-state index in [1.807, 2.05) is 18.4 Å². The molecule has 1 aromatic carbocycles. The molecule has 1 fully saturated rings. The van der Waals surface area contributed by atoms with E-state index in [1.165, 1.54) is 16.7 Å². The van der Waals surface area contributed by atoms with E-state index in [0.29, 0.717) is 5.69 Å². The van der Waals surface area contributed by atoms with Gasteiger partial charge in [0.2, 0.25) is 11.8 Å². The summed E-state index contributed by atoms with van der Waals surface area (Å²) in [5.74, 6) is -0.811. The molecule has 1 aliphatic carbocycles. The zero-order valence-corrected chi connectivity index (χ0v) is 17.1. The van der Waals surface area contributed by atoms with E-state index in [-0.39, 0.29) is 24.9 Å². The van der Waals surface area contributed by atoms with Crippen molar-refractivity contribution >= 4 is 29.3 Å². The predicted molar refractivity (Wildman–Crippen MR) is 104 cm³/mol. The standard InChI is InChI=1S/C19H26F3N3O2S/c1-13(14-8-9-14)25(12-19(20,21)22)18(27)11-24(2)10-17(26)23-15-6-4-5-7-16(15)28-3/h4-7,13-14H,8-12H2,1-3H3,(H,23,26)/t13-/m1/s1. The summed E-state index contributed by atoms with van der Waals surface area (Å²) in [5, 5.41) is 2.78. The number of hydrogen-bond donors (Lipinski definition) is 1. The normalized spacial score (nSPS) is 15.4. The van der Waals surface area contributed by atoms with E-state index in [2.05, 4.69) is 5.32 Å². The number of halogens is 3. The molecule has 28 heavy (non-hydrogen) atoms. The Morgan fingerprint density at radius 3 is 2.46 bits per heavy atom. The summed E-state index contributed by atoms with van der Waals surface area (Å²) in [6.45, 7) is 0.0643. The van der Waals surface area contributed by atoms with Crippen LogP contribution in [0, 0.1) is 5.92 Å². The summed E-state index contributed by atoms with van der Waals surface area (Å²) in [7, 11) is 1.55. The molecule has 0 aliphatic heterocycles. The second-order valence-electron chi connectivity index (χ2n) is 7.14. The average Bonchev–Trinajstić information content (AvgIpc) is 3.43. The van der Waals surface area contributed by atoms with Crippen molar-refractivity contribution < 1.29 is 22.8 Å². The van der Waals surface area contributed by atoms with Crippen LogP contribution in [0.5, 0.6) is 0 Å². The molecule has 0 heterocycles. The molecule has 2 rings (SSSR count). The Bertz CT molecular complexity index is 695. The molecule has 1 aliphatic rings. The number of thioether (sulfide) groups is 1. The van der Waals surface area contributed by atoms with Crippen LogP contribution in [0.15, 0.2) is 29.2 Å². The van der Waals surface area contributed by atoms with Gasteiger partial charge in [0.15, 0.2) is 0 Å². The van der Waals surface area contributed by atoms with Crippen LogP contribution in [0.2, 0.25) is 0 Å². The Kier molecular flexibility index (Phi) is 7.77. The van der Waals surface area contributed by atoms with Gasteiger partial charge in [-0.2, -0.15) is 13.2 Å². The molecule has 0 saturated heterocycles. The average molecular weight is 417 g/mol. The highest BCUT2D eigenvalue weighted by Crippen LogP contribution is 2.36. The fourth-order valence-electron chi connectivity index (χ4n) is 3.05. The minimum absolute atomic E-state index is 0.0911. The van der Waals surface area contributed by atoms with Crippen LogP contribution in [-0.4, -0.2) is 66.8 Å². The molecule has 5 nitrogen and oxygen atoms in total. The highest BCUT2D eigenvalue weighted by atomic mass is 32.2. The number of amides is 2. The molecule has 1 atom stereocenters. The SMILES string of the molecule is CSc1ccccc1NC(=O)CN(C)CC(=O)N(CC(F)(F)F)[C@H](C)C1CC1. The van der Waals surface area contributed by atoms with Gasteiger partial charge in [-0.05, 0) is 51.1 Å². The molecule has 0 unspecified atom stereocenters. The second-order valence-corrected chi connectivity index (χ2v) is 7.98. The van der Waals surface area contributed by atoms with E-state index in [9.17, 15) is 22.8 Å². The monoisotopic (exact) mass is 417 g/mol. The van der Waals surface area contributed by atoms with Gasteiger partial charge in [-0.25, -0.2) is 0 Å². The lowest BCUT2D eigenvalue weighted by molar-refractivity contribution is -0.166.